The summed E-state index contributed by atoms with van der Waals surface area (Å²) >= 11 is 0. The van der Waals surface area contributed by atoms with Gasteiger partial charge in [0.25, 0.3) is 5.89 Å². The number of fused-ring (bicyclic) bond motifs is 1. The highest BCUT2D eigenvalue weighted by molar-refractivity contribution is 5.96. The van der Waals surface area contributed by atoms with Crippen LogP contribution in [0.1, 0.15) is 18.2 Å². The molecule has 0 bridgehead atoms. The van der Waals surface area contributed by atoms with Gasteiger partial charge in [-0.15, -0.1) is 0 Å². The van der Waals surface area contributed by atoms with Gasteiger partial charge in [-0.05, 0) is 30.3 Å². The van der Waals surface area contributed by atoms with Crippen molar-refractivity contribution >= 4 is 11.6 Å². The zero-order valence-corrected chi connectivity index (χ0v) is 16.5. The first kappa shape index (κ1) is 18.3. The number of ether oxygens (including phenoxy) is 4. The molecule has 0 N–H and O–H groups in total. The molecule has 1 aromatic heterocycles. The van der Waals surface area contributed by atoms with Crippen LogP contribution in [0.3, 0.4) is 0 Å². The highest BCUT2D eigenvalue weighted by atomic mass is 16.7. The molecule has 1 saturated heterocycles. The lowest BCUT2D eigenvalue weighted by Crippen LogP contribution is -2.24. The number of nitrogens with zero attached hydrogens (tertiary/aromatic N) is 3. The molecule has 1 atom stereocenters. The fourth-order valence-electron chi connectivity index (χ4n) is 3.67. The second-order valence-electron chi connectivity index (χ2n) is 6.97. The minimum atomic E-state index is -0.169. The predicted octanol–water partition coefficient (Wildman–Crippen LogP) is 3.00. The van der Waals surface area contributed by atoms with Crippen molar-refractivity contribution in [3.63, 3.8) is 0 Å². The average Bonchev–Trinajstić information content (AvgIpc) is 3.51. The lowest BCUT2D eigenvalue weighted by Gasteiger charge is -2.18. The molecule has 2 aliphatic heterocycles. The van der Waals surface area contributed by atoms with E-state index >= 15 is 0 Å². The van der Waals surface area contributed by atoms with E-state index in [1.807, 2.05) is 12.1 Å². The first-order chi connectivity index (χ1) is 14.7. The highest BCUT2D eigenvalue weighted by Crippen LogP contribution is 2.38. The predicted molar refractivity (Wildman–Crippen MR) is 105 cm³/mol. The Kier molecular flexibility index (Phi) is 4.42. The third kappa shape index (κ3) is 3.08. The van der Waals surface area contributed by atoms with Gasteiger partial charge in [0.05, 0.1) is 14.2 Å². The number of carbonyl (C=O) groups excluding carboxylic acids is 1. The minimum absolute atomic E-state index is 0.0124. The molecular formula is C21H19N3O6. The molecule has 3 aromatic rings. The van der Waals surface area contributed by atoms with Crippen LogP contribution in [0.15, 0.2) is 40.9 Å². The fraction of sp³-hybridized carbons (Fsp3) is 0.286. The molecule has 3 heterocycles. The van der Waals surface area contributed by atoms with Crippen LogP contribution >= 0.6 is 0 Å². The largest absolute Gasteiger partial charge is 0.493 e. The van der Waals surface area contributed by atoms with Crippen LogP contribution < -0.4 is 23.8 Å². The first-order valence-corrected chi connectivity index (χ1v) is 9.42. The number of hydrogen-bond donors (Lipinski definition) is 0. The number of rotatable bonds is 5. The Morgan fingerprint density at radius 2 is 1.87 bits per heavy atom. The van der Waals surface area contributed by atoms with Gasteiger partial charge in [-0.1, -0.05) is 5.16 Å². The van der Waals surface area contributed by atoms with Gasteiger partial charge < -0.3 is 28.4 Å². The molecule has 0 aliphatic carbocycles. The van der Waals surface area contributed by atoms with Crippen molar-refractivity contribution in [3.05, 3.63) is 42.2 Å². The van der Waals surface area contributed by atoms with Crippen molar-refractivity contribution < 1.29 is 28.3 Å². The average molecular weight is 409 g/mol. The minimum Gasteiger partial charge on any atom is -0.493 e. The molecule has 0 radical (unpaired) electrons. The number of aromatic nitrogens is 2. The van der Waals surface area contributed by atoms with Crippen LogP contribution in [0.4, 0.5) is 5.69 Å². The first-order valence-electron chi connectivity index (χ1n) is 9.42. The summed E-state index contributed by atoms with van der Waals surface area (Å²) in [7, 11) is 3.13. The number of amides is 1. The Labute approximate surface area is 172 Å². The van der Waals surface area contributed by atoms with Gasteiger partial charge in [0.2, 0.25) is 12.7 Å². The normalized spacial score (nSPS) is 17.5. The lowest BCUT2D eigenvalue weighted by atomic mass is 10.1. The maximum atomic E-state index is 12.7. The van der Waals surface area contributed by atoms with Crippen LogP contribution in [0.25, 0.3) is 11.5 Å². The maximum absolute atomic E-state index is 12.7. The second kappa shape index (κ2) is 7.25. The van der Waals surface area contributed by atoms with Crippen molar-refractivity contribution in [1.29, 1.82) is 0 Å². The molecule has 154 valence electrons. The highest BCUT2D eigenvalue weighted by Gasteiger charge is 2.35. The van der Waals surface area contributed by atoms with Crippen molar-refractivity contribution in [2.45, 2.75) is 12.3 Å². The zero-order chi connectivity index (χ0) is 20.7. The Hall–Kier alpha value is -3.75. The topological polar surface area (TPSA) is 96.2 Å². The van der Waals surface area contributed by atoms with Crippen LogP contribution in [0, 0.1) is 0 Å². The molecule has 9 heteroatoms. The van der Waals surface area contributed by atoms with Gasteiger partial charge in [-0.25, -0.2) is 0 Å². The number of methoxy groups -OCH3 is 2. The molecule has 0 spiro atoms. The molecule has 2 aliphatic rings. The molecule has 0 saturated carbocycles. The quantitative estimate of drug-likeness (QED) is 0.635. The summed E-state index contributed by atoms with van der Waals surface area (Å²) in [6.45, 7) is 0.651. The van der Waals surface area contributed by atoms with Gasteiger partial charge >= 0.3 is 0 Å². The second-order valence-corrected chi connectivity index (χ2v) is 6.97. The van der Waals surface area contributed by atoms with E-state index in [0.29, 0.717) is 47.7 Å². The van der Waals surface area contributed by atoms with Gasteiger partial charge in [0, 0.05) is 36.2 Å². The van der Waals surface area contributed by atoms with E-state index in [9.17, 15) is 4.79 Å². The Morgan fingerprint density at radius 3 is 2.70 bits per heavy atom. The molecule has 1 fully saturated rings. The number of hydrogen-bond acceptors (Lipinski definition) is 8. The number of anilines is 1. The van der Waals surface area contributed by atoms with E-state index in [1.165, 1.54) is 0 Å². The molecule has 5 rings (SSSR count). The molecular weight excluding hydrogens is 390 g/mol. The third-order valence-corrected chi connectivity index (χ3v) is 5.23. The molecule has 1 amide bonds. The van der Waals surface area contributed by atoms with Gasteiger partial charge in [-0.3, -0.25) is 4.79 Å². The van der Waals surface area contributed by atoms with E-state index in [4.69, 9.17) is 23.5 Å². The Bertz CT molecular complexity index is 1110. The molecule has 0 unspecified atom stereocenters. The monoisotopic (exact) mass is 409 g/mol. The molecule has 9 nitrogen and oxygen atoms in total. The van der Waals surface area contributed by atoms with E-state index in [0.717, 1.165) is 11.3 Å². The standard InChI is InChI=1S/C21H19N3O6/c1-26-15-6-4-14(9-17(15)27-2)24-10-13(8-19(24)25)20-22-21(30-23-20)12-3-5-16-18(7-12)29-11-28-16/h3-7,9,13H,8,10-11H2,1-2H3/t13-/m1/s1. The summed E-state index contributed by atoms with van der Waals surface area (Å²) in [5.74, 6) is 3.19. The van der Waals surface area contributed by atoms with Crippen LogP contribution in [-0.2, 0) is 4.79 Å². The number of carbonyl (C=O) groups is 1. The summed E-state index contributed by atoms with van der Waals surface area (Å²) in [5.41, 5.74) is 1.47. The summed E-state index contributed by atoms with van der Waals surface area (Å²) in [5, 5.41) is 4.11. The zero-order valence-electron chi connectivity index (χ0n) is 16.5. The van der Waals surface area contributed by atoms with E-state index < -0.39 is 0 Å². The van der Waals surface area contributed by atoms with Crippen molar-refractivity contribution in [2.24, 2.45) is 0 Å². The Balaban J connectivity index is 1.36. The van der Waals surface area contributed by atoms with E-state index in [-0.39, 0.29) is 18.6 Å². The summed E-state index contributed by atoms with van der Waals surface area (Å²) in [4.78, 5) is 18.9. The van der Waals surface area contributed by atoms with Crippen molar-refractivity contribution in [1.82, 2.24) is 10.1 Å². The van der Waals surface area contributed by atoms with Crippen LogP contribution in [0.2, 0.25) is 0 Å². The van der Waals surface area contributed by atoms with Gasteiger partial charge in [-0.2, -0.15) is 4.98 Å². The van der Waals surface area contributed by atoms with Crippen molar-refractivity contribution in [3.8, 4) is 34.5 Å². The summed E-state index contributed by atoms with van der Waals surface area (Å²) in [6.07, 6.45) is 0.300. The van der Waals surface area contributed by atoms with Crippen molar-refractivity contribution in [2.75, 3.05) is 32.5 Å². The molecule has 30 heavy (non-hydrogen) atoms. The van der Waals surface area contributed by atoms with Crippen LogP contribution in [-0.4, -0.2) is 43.6 Å². The lowest BCUT2D eigenvalue weighted by molar-refractivity contribution is -0.117. The van der Waals surface area contributed by atoms with E-state index in [1.54, 1.807) is 43.4 Å². The fourth-order valence-corrected chi connectivity index (χ4v) is 3.67. The Morgan fingerprint density at radius 1 is 1.03 bits per heavy atom. The summed E-state index contributed by atoms with van der Waals surface area (Å²) in [6, 6.07) is 10.8. The summed E-state index contributed by atoms with van der Waals surface area (Å²) < 4.78 is 26.8. The van der Waals surface area contributed by atoms with Gasteiger partial charge in [0.15, 0.2) is 28.8 Å². The van der Waals surface area contributed by atoms with Crippen LogP contribution in [0.5, 0.6) is 23.0 Å². The van der Waals surface area contributed by atoms with Gasteiger partial charge in [0.1, 0.15) is 0 Å². The third-order valence-electron chi connectivity index (χ3n) is 5.23. The smallest absolute Gasteiger partial charge is 0.258 e. The SMILES string of the molecule is COc1ccc(N2C[C@H](c3noc(-c4ccc5c(c4)OCO5)n3)CC2=O)cc1OC. The molecule has 2 aromatic carbocycles. The van der Waals surface area contributed by atoms with E-state index in [2.05, 4.69) is 10.1 Å². The number of benzene rings is 2. The maximum Gasteiger partial charge on any atom is 0.258 e.